The maximum absolute atomic E-state index is 12.9. The maximum atomic E-state index is 12.9. The smallest absolute Gasteiger partial charge is 0.123 e. The zero-order valence-corrected chi connectivity index (χ0v) is 9.74. The van der Waals surface area contributed by atoms with Crippen LogP contribution in [0.2, 0.25) is 0 Å². The monoisotopic (exact) mass is 247 g/mol. The van der Waals surface area contributed by atoms with Crippen molar-refractivity contribution in [3.05, 3.63) is 78.2 Å². The lowest BCUT2D eigenvalue weighted by Gasteiger charge is -2.28. The molecule has 0 aromatic heterocycles. The number of aliphatic hydroxyl groups is 1. The molecule has 93 valence electrons. The lowest BCUT2D eigenvalue weighted by Crippen LogP contribution is -2.26. The molecule has 0 aliphatic carbocycles. The lowest BCUT2D eigenvalue weighted by atomic mass is 9.84. The molecule has 18 heavy (non-hydrogen) atoms. The average molecular weight is 247 g/mol. The van der Waals surface area contributed by atoms with E-state index in [1.54, 1.807) is 0 Å². The van der Waals surface area contributed by atoms with E-state index in [2.05, 4.69) is 6.92 Å². The molecule has 3 heteroatoms. The quantitative estimate of drug-likeness (QED) is 0.881. The second-order valence-electron chi connectivity index (χ2n) is 4.12. The second kappa shape index (κ2) is 4.86. The summed E-state index contributed by atoms with van der Waals surface area (Å²) in [7, 11) is 0. The summed E-state index contributed by atoms with van der Waals surface area (Å²) < 4.78 is 25.8. The van der Waals surface area contributed by atoms with Gasteiger partial charge in [-0.1, -0.05) is 24.3 Å². The Kier molecular flexibility index (Phi) is 3.43. The van der Waals surface area contributed by atoms with E-state index in [0.29, 0.717) is 11.1 Å². The summed E-state index contributed by atoms with van der Waals surface area (Å²) in [4.78, 5) is 0. The fourth-order valence-electron chi connectivity index (χ4n) is 1.91. The number of halogens is 2. The molecule has 0 heterocycles. The highest BCUT2D eigenvalue weighted by molar-refractivity contribution is 5.36. The molecular formula is C15H13F2O. The third-order valence-corrected chi connectivity index (χ3v) is 3.01. The van der Waals surface area contributed by atoms with Crippen LogP contribution in [0, 0.1) is 18.6 Å². The van der Waals surface area contributed by atoms with Crippen LogP contribution in [0.25, 0.3) is 0 Å². The zero-order valence-electron chi connectivity index (χ0n) is 9.74. The Labute approximate surface area is 105 Å². The zero-order chi connectivity index (χ0) is 13.2. The molecule has 0 atom stereocenters. The van der Waals surface area contributed by atoms with Crippen LogP contribution in [-0.2, 0) is 5.60 Å². The summed E-state index contributed by atoms with van der Waals surface area (Å²) in [6.07, 6.45) is 0.171. The van der Waals surface area contributed by atoms with Crippen molar-refractivity contribution in [3.63, 3.8) is 0 Å². The van der Waals surface area contributed by atoms with E-state index in [-0.39, 0.29) is 18.1 Å². The fraction of sp³-hybridized carbons (Fsp3) is 0.133. The average Bonchev–Trinajstić information content (AvgIpc) is 2.39. The second-order valence-corrected chi connectivity index (χ2v) is 4.12. The Morgan fingerprint density at radius 1 is 0.833 bits per heavy atom. The third-order valence-electron chi connectivity index (χ3n) is 3.01. The van der Waals surface area contributed by atoms with Gasteiger partial charge in [-0.3, -0.25) is 0 Å². The van der Waals surface area contributed by atoms with E-state index < -0.39 is 5.60 Å². The first-order chi connectivity index (χ1) is 8.56. The summed E-state index contributed by atoms with van der Waals surface area (Å²) in [5.74, 6) is -0.742. The van der Waals surface area contributed by atoms with Crippen LogP contribution in [0.15, 0.2) is 48.5 Å². The first kappa shape index (κ1) is 12.7. The summed E-state index contributed by atoms with van der Waals surface area (Å²) >= 11 is 0. The van der Waals surface area contributed by atoms with Crippen LogP contribution in [0.4, 0.5) is 8.78 Å². The molecule has 1 radical (unpaired) electrons. The minimum absolute atomic E-state index is 0.171. The molecule has 0 saturated heterocycles. The van der Waals surface area contributed by atoms with Crippen molar-refractivity contribution in [1.29, 1.82) is 0 Å². The molecule has 2 aromatic carbocycles. The molecule has 2 aromatic rings. The van der Waals surface area contributed by atoms with Gasteiger partial charge in [0.15, 0.2) is 0 Å². The van der Waals surface area contributed by atoms with E-state index in [0.717, 1.165) is 0 Å². The van der Waals surface area contributed by atoms with Crippen LogP contribution < -0.4 is 0 Å². The lowest BCUT2D eigenvalue weighted by molar-refractivity contribution is 0.0832. The largest absolute Gasteiger partial charge is 0.380 e. The topological polar surface area (TPSA) is 20.2 Å². The molecular weight excluding hydrogens is 234 g/mol. The van der Waals surface area contributed by atoms with Crippen molar-refractivity contribution >= 4 is 0 Å². The van der Waals surface area contributed by atoms with Gasteiger partial charge in [0.1, 0.15) is 17.2 Å². The molecule has 2 rings (SSSR count). The Morgan fingerprint density at radius 2 is 1.17 bits per heavy atom. The van der Waals surface area contributed by atoms with Crippen LogP contribution in [-0.4, -0.2) is 5.11 Å². The van der Waals surface area contributed by atoms with Crippen molar-refractivity contribution in [2.45, 2.75) is 12.0 Å². The molecule has 0 aliphatic heterocycles. The van der Waals surface area contributed by atoms with Gasteiger partial charge in [0.05, 0.1) is 0 Å². The van der Waals surface area contributed by atoms with Crippen LogP contribution >= 0.6 is 0 Å². The van der Waals surface area contributed by atoms with Gasteiger partial charge in [0.25, 0.3) is 0 Å². The summed E-state index contributed by atoms with van der Waals surface area (Å²) in [5, 5.41) is 10.6. The Morgan fingerprint density at radius 3 is 1.44 bits per heavy atom. The maximum Gasteiger partial charge on any atom is 0.123 e. The molecule has 0 bridgehead atoms. The van der Waals surface area contributed by atoms with E-state index in [1.807, 2.05) is 0 Å². The van der Waals surface area contributed by atoms with Gasteiger partial charge in [0, 0.05) is 0 Å². The SMILES string of the molecule is [CH2]CC(O)(c1ccc(F)cc1)c1ccc(F)cc1. The summed E-state index contributed by atoms with van der Waals surface area (Å²) in [5.41, 5.74) is -0.266. The molecule has 0 unspecified atom stereocenters. The van der Waals surface area contributed by atoms with Crippen molar-refractivity contribution in [2.75, 3.05) is 0 Å². The molecule has 0 spiro atoms. The normalized spacial score (nSPS) is 11.6. The Balaban J connectivity index is 2.47. The first-order valence-electron chi connectivity index (χ1n) is 5.60. The van der Waals surface area contributed by atoms with Crippen LogP contribution in [0.3, 0.4) is 0 Å². The summed E-state index contributed by atoms with van der Waals surface area (Å²) in [6.45, 7) is 3.72. The number of benzene rings is 2. The van der Waals surface area contributed by atoms with Gasteiger partial charge in [-0.25, -0.2) is 8.78 Å². The van der Waals surface area contributed by atoms with Crippen molar-refractivity contribution in [3.8, 4) is 0 Å². The van der Waals surface area contributed by atoms with Gasteiger partial charge >= 0.3 is 0 Å². The Hall–Kier alpha value is -1.74. The van der Waals surface area contributed by atoms with E-state index in [9.17, 15) is 13.9 Å². The molecule has 0 saturated carbocycles. The third kappa shape index (κ3) is 2.27. The standard InChI is InChI=1S/C15H13F2O/c1-2-15(18,11-3-7-13(16)8-4-11)12-5-9-14(17)10-6-12/h3-10,18H,1-2H2. The highest BCUT2D eigenvalue weighted by atomic mass is 19.1. The van der Waals surface area contributed by atoms with Gasteiger partial charge in [0.2, 0.25) is 0 Å². The minimum Gasteiger partial charge on any atom is -0.380 e. The predicted molar refractivity (Wildman–Crippen MR) is 65.8 cm³/mol. The van der Waals surface area contributed by atoms with Crippen molar-refractivity contribution in [1.82, 2.24) is 0 Å². The molecule has 1 N–H and O–H groups in total. The number of hydrogen-bond donors (Lipinski definition) is 1. The van der Waals surface area contributed by atoms with Gasteiger partial charge < -0.3 is 5.11 Å². The molecule has 1 nitrogen and oxygen atoms in total. The predicted octanol–water partition coefficient (Wildman–Crippen LogP) is 3.42. The molecule has 0 aliphatic rings. The summed E-state index contributed by atoms with van der Waals surface area (Å²) in [6, 6.07) is 11.1. The highest BCUT2D eigenvalue weighted by Gasteiger charge is 2.29. The molecule has 0 amide bonds. The van der Waals surface area contributed by atoms with E-state index in [1.165, 1.54) is 48.5 Å². The minimum atomic E-state index is -1.33. The Bertz CT molecular complexity index is 472. The number of rotatable bonds is 3. The van der Waals surface area contributed by atoms with Crippen LogP contribution in [0.5, 0.6) is 0 Å². The van der Waals surface area contributed by atoms with E-state index in [4.69, 9.17) is 0 Å². The van der Waals surface area contributed by atoms with Gasteiger partial charge in [-0.05, 0) is 48.7 Å². The first-order valence-corrected chi connectivity index (χ1v) is 5.60. The fourth-order valence-corrected chi connectivity index (χ4v) is 1.91. The van der Waals surface area contributed by atoms with Gasteiger partial charge in [-0.2, -0.15) is 0 Å². The van der Waals surface area contributed by atoms with Crippen molar-refractivity contribution in [2.24, 2.45) is 0 Å². The van der Waals surface area contributed by atoms with Crippen LogP contribution in [0.1, 0.15) is 17.5 Å². The van der Waals surface area contributed by atoms with Gasteiger partial charge in [-0.15, -0.1) is 0 Å². The highest BCUT2D eigenvalue weighted by Crippen LogP contribution is 2.32. The van der Waals surface area contributed by atoms with Crippen molar-refractivity contribution < 1.29 is 13.9 Å². The van der Waals surface area contributed by atoms with E-state index >= 15 is 0 Å². The number of hydrogen-bond acceptors (Lipinski definition) is 1. The molecule has 0 fully saturated rings.